The van der Waals surface area contributed by atoms with Gasteiger partial charge in [-0.2, -0.15) is 5.10 Å². The maximum absolute atomic E-state index is 14.6. The first-order valence-corrected chi connectivity index (χ1v) is 10.7. The van der Waals surface area contributed by atoms with E-state index in [9.17, 15) is 4.39 Å². The lowest BCUT2D eigenvalue weighted by atomic mass is 10.1. The fourth-order valence-corrected chi connectivity index (χ4v) is 4.36. The second-order valence-corrected chi connectivity index (χ2v) is 8.15. The van der Waals surface area contributed by atoms with Crippen LogP contribution in [0.25, 0.3) is 27.0 Å². The van der Waals surface area contributed by atoms with Gasteiger partial charge in [-0.1, -0.05) is 0 Å². The molecule has 0 saturated carbocycles. The number of benzene rings is 2. The molecule has 0 saturated heterocycles. The molecule has 0 amide bonds. The van der Waals surface area contributed by atoms with Gasteiger partial charge in [0.2, 0.25) is 0 Å². The Morgan fingerprint density at radius 1 is 0.968 bits per heavy atom. The Morgan fingerprint density at radius 2 is 1.77 bits per heavy atom. The first kappa shape index (κ1) is 19.3. The summed E-state index contributed by atoms with van der Waals surface area (Å²) in [6, 6.07) is 19.3. The minimum absolute atomic E-state index is 0.233. The van der Waals surface area contributed by atoms with Gasteiger partial charge in [-0.15, -0.1) is 11.3 Å². The van der Waals surface area contributed by atoms with Gasteiger partial charge in [0.25, 0.3) is 0 Å². The average Bonchev–Trinajstić information content (AvgIpc) is 3.41. The number of hydrogen-bond donors (Lipinski definition) is 2. The molecule has 0 atom stereocenters. The average molecular weight is 430 g/mol. The van der Waals surface area contributed by atoms with E-state index in [1.165, 1.54) is 11.3 Å². The summed E-state index contributed by atoms with van der Waals surface area (Å²) < 4.78 is 17.1. The Kier molecular flexibility index (Phi) is 4.88. The van der Waals surface area contributed by atoms with Crippen LogP contribution in [-0.2, 0) is 0 Å². The third-order valence-electron chi connectivity index (χ3n) is 5.07. The van der Waals surface area contributed by atoms with Crippen molar-refractivity contribution >= 4 is 38.6 Å². The quantitative estimate of drug-likeness (QED) is 0.340. The normalized spacial score (nSPS) is 11.1. The Labute approximate surface area is 183 Å². The minimum atomic E-state index is -0.233. The molecule has 0 fully saturated rings. The topological polar surface area (TPSA) is 54.8 Å². The number of pyridine rings is 1. The highest BCUT2D eigenvalue weighted by Crippen LogP contribution is 2.31. The third-order valence-corrected chi connectivity index (χ3v) is 6.01. The van der Waals surface area contributed by atoms with Crippen LogP contribution in [0, 0.1) is 12.7 Å². The molecule has 0 radical (unpaired) electrons. The van der Waals surface area contributed by atoms with Gasteiger partial charge >= 0.3 is 0 Å². The molecule has 0 bridgehead atoms. The van der Waals surface area contributed by atoms with Gasteiger partial charge in [-0.05, 0) is 72.3 Å². The first-order chi connectivity index (χ1) is 15.1. The molecule has 7 heteroatoms. The van der Waals surface area contributed by atoms with Crippen LogP contribution in [-0.4, -0.2) is 21.8 Å². The van der Waals surface area contributed by atoms with Crippen LogP contribution in [0.2, 0.25) is 0 Å². The maximum atomic E-state index is 14.6. The molecule has 0 aliphatic carbocycles. The monoisotopic (exact) mass is 429 g/mol. The number of fused-ring (bicyclic) bond motifs is 1. The van der Waals surface area contributed by atoms with Crippen molar-refractivity contribution < 1.29 is 4.39 Å². The zero-order valence-electron chi connectivity index (χ0n) is 17.1. The van der Waals surface area contributed by atoms with E-state index in [1.807, 2.05) is 73.9 Å². The second-order valence-electron chi connectivity index (χ2n) is 7.23. The standard InChI is InChI=1S/C24H20FN5S/c1-15-11-22(30(29-15)20-12-17-8-10-31-24(17)21(25)14-20)16-7-9-27-23(13-16)28-19-5-3-18(26-2)4-6-19/h3-14,26H,1-2H3,(H,27,28). The van der Waals surface area contributed by atoms with E-state index in [4.69, 9.17) is 0 Å². The molecular weight excluding hydrogens is 409 g/mol. The van der Waals surface area contributed by atoms with Crippen molar-refractivity contribution in [1.29, 1.82) is 0 Å². The number of nitrogens with one attached hydrogen (secondary N) is 2. The van der Waals surface area contributed by atoms with Crippen LogP contribution < -0.4 is 10.6 Å². The summed E-state index contributed by atoms with van der Waals surface area (Å²) in [5, 5.41) is 13.8. The number of rotatable bonds is 5. The summed E-state index contributed by atoms with van der Waals surface area (Å²) >= 11 is 1.40. The molecule has 5 rings (SSSR count). The fraction of sp³-hybridized carbons (Fsp3) is 0.0833. The largest absolute Gasteiger partial charge is 0.388 e. The number of aryl methyl sites for hydroxylation is 1. The van der Waals surface area contributed by atoms with Gasteiger partial charge in [0.05, 0.1) is 21.8 Å². The second kappa shape index (κ2) is 7.85. The SMILES string of the molecule is CNc1ccc(Nc2cc(-c3cc(C)nn3-c3cc(F)c4sccc4c3)ccn2)cc1. The van der Waals surface area contributed by atoms with Crippen molar-refractivity contribution in [2.75, 3.05) is 17.7 Å². The smallest absolute Gasteiger partial charge is 0.143 e. The van der Waals surface area contributed by atoms with E-state index in [-0.39, 0.29) is 5.82 Å². The maximum Gasteiger partial charge on any atom is 0.143 e. The van der Waals surface area contributed by atoms with Gasteiger partial charge in [0.1, 0.15) is 11.6 Å². The molecule has 0 aliphatic heterocycles. The zero-order chi connectivity index (χ0) is 21.4. The number of halogens is 1. The highest BCUT2D eigenvalue weighted by molar-refractivity contribution is 7.17. The van der Waals surface area contributed by atoms with Crippen molar-refractivity contribution in [3.05, 3.63) is 83.8 Å². The first-order valence-electron chi connectivity index (χ1n) is 9.86. The van der Waals surface area contributed by atoms with Crippen LogP contribution >= 0.6 is 11.3 Å². The van der Waals surface area contributed by atoms with Gasteiger partial charge in [-0.3, -0.25) is 0 Å². The molecule has 31 heavy (non-hydrogen) atoms. The molecule has 0 aliphatic rings. The Bertz CT molecular complexity index is 1370. The van der Waals surface area contributed by atoms with Crippen molar-refractivity contribution in [2.24, 2.45) is 0 Å². The van der Waals surface area contributed by atoms with Crippen LogP contribution in [0.15, 0.2) is 72.2 Å². The molecule has 0 unspecified atom stereocenters. The van der Waals surface area contributed by atoms with E-state index in [1.54, 1.807) is 16.9 Å². The van der Waals surface area contributed by atoms with Crippen LogP contribution in [0.5, 0.6) is 0 Å². The van der Waals surface area contributed by atoms with E-state index in [0.29, 0.717) is 10.4 Å². The highest BCUT2D eigenvalue weighted by Gasteiger charge is 2.14. The van der Waals surface area contributed by atoms with Gasteiger partial charge in [-0.25, -0.2) is 14.1 Å². The number of anilines is 3. The summed E-state index contributed by atoms with van der Waals surface area (Å²) in [5.41, 5.74) is 5.35. The summed E-state index contributed by atoms with van der Waals surface area (Å²) in [6.07, 6.45) is 1.76. The van der Waals surface area contributed by atoms with E-state index >= 15 is 0 Å². The molecule has 154 valence electrons. The predicted molar refractivity (Wildman–Crippen MR) is 126 cm³/mol. The number of thiophene rings is 1. The number of hydrogen-bond acceptors (Lipinski definition) is 5. The van der Waals surface area contributed by atoms with E-state index in [2.05, 4.69) is 20.7 Å². The van der Waals surface area contributed by atoms with Gasteiger partial charge in [0, 0.05) is 36.2 Å². The lowest BCUT2D eigenvalue weighted by molar-refractivity contribution is 0.639. The summed E-state index contributed by atoms with van der Waals surface area (Å²) in [6.45, 7) is 1.93. The molecule has 3 heterocycles. The number of nitrogens with zero attached hydrogens (tertiary/aromatic N) is 3. The van der Waals surface area contributed by atoms with Crippen molar-refractivity contribution in [2.45, 2.75) is 6.92 Å². The fourth-order valence-electron chi connectivity index (χ4n) is 3.57. The molecule has 3 aromatic heterocycles. The molecule has 2 N–H and O–H groups in total. The van der Waals surface area contributed by atoms with Crippen molar-refractivity contribution in [1.82, 2.24) is 14.8 Å². The predicted octanol–water partition coefficient (Wildman–Crippen LogP) is 6.38. The summed E-state index contributed by atoms with van der Waals surface area (Å²) in [5.74, 6) is 0.489. The lowest BCUT2D eigenvalue weighted by Crippen LogP contribution is -2.01. The highest BCUT2D eigenvalue weighted by atomic mass is 32.1. The van der Waals surface area contributed by atoms with Gasteiger partial charge in [0.15, 0.2) is 0 Å². The Hall–Kier alpha value is -3.71. The molecule has 5 nitrogen and oxygen atoms in total. The molecule has 0 spiro atoms. The summed E-state index contributed by atoms with van der Waals surface area (Å²) in [4.78, 5) is 4.45. The van der Waals surface area contributed by atoms with Crippen LogP contribution in [0.4, 0.5) is 21.6 Å². The summed E-state index contributed by atoms with van der Waals surface area (Å²) in [7, 11) is 1.89. The van der Waals surface area contributed by atoms with Crippen molar-refractivity contribution in [3.8, 4) is 16.9 Å². The van der Waals surface area contributed by atoms with E-state index < -0.39 is 0 Å². The number of aromatic nitrogens is 3. The molecule has 2 aromatic carbocycles. The Balaban J connectivity index is 1.52. The van der Waals surface area contributed by atoms with Crippen LogP contribution in [0.3, 0.4) is 0 Å². The molecular formula is C24H20FN5S. The zero-order valence-corrected chi connectivity index (χ0v) is 17.9. The van der Waals surface area contributed by atoms with Crippen LogP contribution in [0.1, 0.15) is 5.69 Å². The minimum Gasteiger partial charge on any atom is -0.388 e. The third kappa shape index (κ3) is 3.75. The van der Waals surface area contributed by atoms with Crippen molar-refractivity contribution in [3.63, 3.8) is 0 Å². The van der Waals surface area contributed by atoms with Gasteiger partial charge < -0.3 is 10.6 Å². The molecule has 5 aromatic rings. The lowest BCUT2D eigenvalue weighted by Gasteiger charge is -2.11. The van der Waals surface area contributed by atoms with E-state index in [0.717, 1.165) is 39.5 Å². The Morgan fingerprint density at radius 3 is 2.58 bits per heavy atom.